The van der Waals surface area contributed by atoms with Crippen LogP contribution in [0.1, 0.15) is 12.5 Å². The van der Waals surface area contributed by atoms with Crippen molar-refractivity contribution in [1.29, 1.82) is 0 Å². The van der Waals surface area contributed by atoms with Crippen molar-refractivity contribution >= 4 is 12.3 Å². The number of methoxy groups -OCH3 is 1. The second kappa shape index (κ2) is 6.80. The third-order valence-corrected chi connectivity index (χ3v) is 3.09. The summed E-state index contributed by atoms with van der Waals surface area (Å²) in [6, 6.07) is 13.8. The number of aryl methyl sites for hydroxylation is 1. The normalized spacial score (nSPS) is 12.3. The van der Waals surface area contributed by atoms with Gasteiger partial charge in [0.2, 0.25) is 0 Å². The Balaban J connectivity index is 2.53. The number of hydrogen-bond acceptors (Lipinski definition) is 2. The van der Waals surface area contributed by atoms with E-state index < -0.39 is 0 Å². The summed E-state index contributed by atoms with van der Waals surface area (Å²) in [4.78, 5) is 0. The lowest BCUT2D eigenvalue weighted by molar-refractivity contribution is 0.410. The molecule has 108 valence electrons. The van der Waals surface area contributed by atoms with Crippen molar-refractivity contribution in [2.24, 2.45) is 0 Å². The quantitative estimate of drug-likeness (QED) is 0.856. The van der Waals surface area contributed by atoms with Crippen molar-refractivity contribution in [3.8, 4) is 11.5 Å². The van der Waals surface area contributed by atoms with Crippen LogP contribution < -0.4 is 19.9 Å². The van der Waals surface area contributed by atoms with Crippen molar-refractivity contribution in [1.82, 2.24) is 0 Å². The van der Waals surface area contributed by atoms with Crippen LogP contribution in [0.2, 0.25) is 0 Å². The molecule has 0 fully saturated rings. The topological polar surface area (TPSA) is 18.5 Å². The maximum atomic E-state index is 6.05. The Kier molecular flexibility index (Phi) is 4.83. The highest BCUT2D eigenvalue weighted by molar-refractivity contribution is 5.54. The van der Waals surface area contributed by atoms with E-state index in [0.717, 1.165) is 33.3 Å². The summed E-state index contributed by atoms with van der Waals surface area (Å²) >= 11 is 0. The van der Waals surface area contributed by atoms with Gasteiger partial charge in [0.15, 0.2) is 0 Å². The van der Waals surface area contributed by atoms with Gasteiger partial charge >= 0.3 is 0 Å². The van der Waals surface area contributed by atoms with Crippen molar-refractivity contribution < 1.29 is 9.47 Å². The molecule has 0 unspecified atom stereocenters. The van der Waals surface area contributed by atoms with Crippen LogP contribution in [0, 0.1) is 6.92 Å². The fourth-order valence-electron chi connectivity index (χ4n) is 2.11. The van der Waals surface area contributed by atoms with Gasteiger partial charge in [-0.2, -0.15) is 0 Å². The Hall–Kier alpha value is -2.48. The molecule has 0 atom stereocenters. The van der Waals surface area contributed by atoms with E-state index in [-0.39, 0.29) is 0 Å². The number of hydrogen-bond donors (Lipinski definition) is 0. The molecule has 0 radical (unpaired) electrons. The average Bonchev–Trinajstić information content (AvgIpc) is 2.47. The lowest BCUT2D eigenvalue weighted by atomic mass is 10.2. The summed E-state index contributed by atoms with van der Waals surface area (Å²) in [5, 5.41) is 1.92. The van der Waals surface area contributed by atoms with Crippen LogP contribution in [0.4, 0.5) is 0 Å². The lowest BCUT2D eigenvalue weighted by Gasteiger charge is -2.10. The first-order valence-corrected chi connectivity index (χ1v) is 6.88. The molecule has 0 saturated heterocycles. The van der Waals surface area contributed by atoms with Crippen LogP contribution in [0.3, 0.4) is 0 Å². The van der Waals surface area contributed by atoms with Gasteiger partial charge in [0, 0.05) is 11.3 Å². The maximum Gasteiger partial charge on any atom is 0.134 e. The van der Waals surface area contributed by atoms with Crippen molar-refractivity contribution in [2.45, 2.75) is 13.8 Å². The first-order chi connectivity index (χ1) is 10.1. The van der Waals surface area contributed by atoms with Crippen LogP contribution in [0.25, 0.3) is 12.3 Å². The monoisotopic (exact) mass is 280 g/mol. The van der Waals surface area contributed by atoms with Gasteiger partial charge in [0.25, 0.3) is 0 Å². The molecule has 2 rings (SSSR count). The minimum absolute atomic E-state index is 0.753. The average molecular weight is 280 g/mol. The zero-order valence-corrected chi connectivity index (χ0v) is 12.7. The summed E-state index contributed by atoms with van der Waals surface area (Å²) in [6.45, 7) is 8.04. The molecule has 21 heavy (non-hydrogen) atoms. The van der Waals surface area contributed by atoms with Crippen molar-refractivity contribution in [2.75, 3.05) is 7.11 Å². The van der Waals surface area contributed by atoms with Gasteiger partial charge in [-0.3, -0.25) is 0 Å². The van der Waals surface area contributed by atoms with Gasteiger partial charge in [-0.25, -0.2) is 0 Å². The van der Waals surface area contributed by atoms with E-state index >= 15 is 0 Å². The summed E-state index contributed by atoms with van der Waals surface area (Å²) in [5.41, 5.74) is 1.09. The number of ether oxygens (including phenoxy) is 2. The molecule has 2 aromatic rings. The molecule has 0 aromatic heterocycles. The van der Waals surface area contributed by atoms with Gasteiger partial charge in [-0.15, -0.1) is 0 Å². The predicted octanol–water partition coefficient (Wildman–Crippen LogP) is 3.18. The van der Waals surface area contributed by atoms with Gasteiger partial charge in [-0.05, 0) is 42.8 Å². The minimum atomic E-state index is 0.753. The molecule has 0 aliphatic carbocycles. The third kappa shape index (κ3) is 3.76. The van der Waals surface area contributed by atoms with Crippen LogP contribution in [-0.4, -0.2) is 7.11 Å². The Morgan fingerprint density at radius 3 is 2.48 bits per heavy atom. The van der Waals surface area contributed by atoms with Crippen LogP contribution in [-0.2, 0) is 0 Å². The molecule has 0 amide bonds. The van der Waals surface area contributed by atoms with Gasteiger partial charge < -0.3 is 9.47 Å². The molecule has 0 saturated carbocycles. The van der Waals surface area contributed by atoms with Crippen LogP contribution >= 0.6 is 0 Å². The standard InChI is InChI=1S/C19H20O2/c1-5-8-19(18-10-7-6-9-15(18)3)21-17-12-14(2)11-16(13-17)20-4/h5-13H,3H2,1-2,4H3/b8-5-,19-18+. The van der Waals surface area contributed by atoms with E-state index in [0.29, 0.717) is 0 Å². The first kappa shape index (κ1) is 14.9. The largest absolute Gasteiger partial charge is 0.497 e. The van der Waals surface area contributed by atoms with Crippen molar-refractivity contribution in [3.05, 3.63) is 70.6 Å². The van der Waals surface area contributed by atoms with E-state index in [1.165, 1.54) is 0 Å². The molecular formula is C19H20O2. The molecular weight excluding hydrogens is 260 g/mol. The molecule has 0 N–H and O–H groups in total. The highest BCUT2D eigenvalue weighted by Gasteiger charge is 2.03. The highest BCUT2D eigenvalue weighted by atomic mass is 16.5. The first-order valence-electron chi connectivity index (χ1n) is 6.88. The Morgan fingerprint density at radius 2 is 1.81 bits per heavy atom. The van der Waals surface area contributed by atoms with Crippen LogP contribution in [0.15, 0.2) is 54.6 Å². The number of rotatable bonds is 4. The van der Waals surface area contributed by atoms with Gasteiger partial charge in [-0.1, -0.05) is 36.9 Å². The SMILES string of the molecule is C=c1cccc/c1=C(/C=C\C)Oc1cc(C)cc(OC)c1. The summed E-state index contributed by atoms with van der Waals surface area (Å²) < 4.78 is 11.3. The summed E-state index contributed by atoms with van der Waals surface area (Å²) in [5.74, 6) is 2.31. The summed E-state index contributed by atoms with van der Waals surface area (Å²) in [6.07, 6.45) is 3.90. The zero-order valence-electron chi connectivity index (χ0n) is 12.7. The molecule has 0 aliphatic rings. The molecule has 2 nitrogen and oxygen atoms in total. The molecule has 0 spiro atoms. The van der Waals surface area contributed by atoms with E-state index in [2.05, 4.69) is 6.58 Å². The van der Waals surface area contributed by atoms with Gasteiger partial charge in [0.1, 0.15) is 17.3 Å². The molecule has 2 heteroatoms. The molecule has 0 bridgehead atoms. The van der Waals surface area contributed by atoms with Crippen LogP contribution in [0.5, 0.6) is 11.5 Å². The Labute approximate surface area is 125 Å². The highest BCUT2D eigenvalue weighted by Crippen LogP contribution is 2.24. The second-order valence-electron chi connectivity index (χ2n) is 4.81. The fraction of sp³-hybridized carbons (Fsp3) is 0.158. The molecule has 0 heterocycles. The fourth-order valence-corrected chi connectivity index (χ4v) is 2.11. The van der Waals surface area contributed by atoms with E-state index in [4.69, 9.17) is 9.47 Å². The Morgan fingerprint density at radius 1 is 1.10 bits per heavy atom. The lowest BCUT2D eigenvalue weighted by Crippen LogP contribution is -2.26. The van der Waals surface area contributed by atoms with E-state index in [1.807, 2.05) is 68.5 Å². The predicted molar refractivity (Wildman–Crippen MR) is 87.8 cm³/mol. The number of benzene rings is 2. The summed E-state index contributed by atoms with van der Waals surface area (Å²) in [7, 11) is 1.65. The maximum absolute atomic E-state index is 6.05. The van der Waals surface area contributed by atoms with E-state index in [9.17, 15) is 0 Å². The minimum Gasteiger partial charge on any atom is -0.497 e. The van der Waals surface area contributed by atoms with E-state index in [1.54, 1.807) is 7.11 Å². The van der Waals surface area contributed by atoms with Crippen molar-refractivity contribution in [3.63, 3.8) is 0 Å². The third-order valence-electron chi connectivity index (χ3n) is 3.09. The number of allylic oxidation sites excluding steroid dienone is 1. The zero-order chi connectivity index (χ0) is 15.2. The Bertz CT molecular complexity index is 757. The van der Waals surface area contributed by atoms with Gasteiger partial charge in [0.05, 0.1) is 7.11 Å². The smallest absolute Gasteiger partial charge is 0.134 e. The molecule has 2 aromatic carbocycles. The molecule has 0 aliphatic heterocycles. The second-order valence-corrected chi connectivity index (χ2v) is 4.81.